The molecular formula is C47H67F3N2O11. The van der Waals surface area contributed by atoms with Crippen LogP contribution in [0.1, 0.15) is 84.3 Å². The van der Waals surface area contributed by atoms with Crippen LogP contribution >= 0.6 is 0 Å². The molecule has 1 N–H and O–H groups in total. The molecule has 1 amide bonds. The molecule has 2 heterocycles. The van der Waals surface area contributed by atoms with E-state index in [4.69, 9.17) is 28.5 Å². The first kappa shape index (κ1) is 54.5. The second kappa shape index (κ2) is 26.8. The lowest BCUT2D eigenvalue weighted by atomic mass is 9.85. The van der Waals surface area contributed by atoms with Gasteiger partial charge in [0.05, 0.1) is 44.3 Å². The number of amides is 1. The summed E-state index contributed by atoms with van der Waals surface area (Å²) in [6.45, 7) is 10.7. The number of carbonyl (C=O) groups excluding carboxylic acids is 6. The number of esters is 2. The van der Waals surface area contributed by atoms with Gasteiger partial charge < -0.3 is 33.9 Å². The summed E-state index contributed by atoms with van der Waals surface area (Å²) in [5, 5.41) is 3.40. The van der Waals surface area contributed by atoms with Gasteiger partial charge in [-0.25, -0.2) is 4.79 Å². The van der Waals surface area contributed by atoms with E-state index >= 15 is 0 Å². The first-order valence-electron chi connectivity index (χ1n) is 21.3. The van der Waals surface area contributed by atoms with Gasteiger partial charge in [0.2, 0.25) is 6.29 Å². The molecule has 0 aromatic heterocycles. The standard InChI is InChI=1S/C25H37NO6.C20H29NO4.C2HF3O/c1-17(21(27)16-19(23(28)31-6)15-18-11-8-7-9-12-18)22(30-5)20-13-10-14-26(20)24(29)32-25(2,3)4;1-14(19(24-2)17-10-7-11-21-17)18(22)13-16(20(23)25-3)12-15-8-5-4-6-9-15;3-2(4,5)1-6/h7-9,11-12,17,19-20,22H,10,13-16H2,1-6H3;4-6,8-9,14,16-17,19,21H,7,10-13H2,1-3H3;1H/t17-,19+,20-,22+;14-,16+,17-,19+;/m00./s1. The third-order valence-electron chi connectivity index (χ3n) is 11.1. The van der Waals surface area contributed by atoms with E-state index < -0.39 is 54.0 Å². The number of rotatable bonds is 18. The van der Waals surface area contributed by atoms with E-state index in [2.05, 4.69) is 5.32 Å². The highest BCUT2D eigenvalue weighted by Gasteiger charge is 2.42. The first-order valence-corrected chi connectivity index (χ1v) is 21.3. The van der Waals surface area contributed by atoms with Crippen molar-refractivity contribution in [2.24, 2.45) is 23.7 Å². The summed E-state index contributed by atoms with van der Waals surface area (Å²) in [4.78, 5) is 73.6. The Bertz CT molecular complexity index is 1720. The van der Waals surface area contributed by atoms with Crippen LogP contribution in [0, 0.1) is 23.7 Å². The van der Waals surface area contributed by atoms with Gasteiger partial charge in [-0.2, -0.15) is 13.2 Å². The van der Waals surface area contributed by atoms with Crippen molar-refractivity contribution in [3.63, 3.8) is 0 Å². The van der Waals surface area contributed by atoms with Gasteiger partial charge in [0.1, 0.15) is 17.2 Å². The number of alkyl halides is 3. The first-order chi connectivity index (χ1) is 29.7. The molecule has 2 fully saturated rings. The highest BCUT2D eigenvalue weighted by atomic mass is 19.4. The Morgan fingerprint density at radius 1 is 0.730 bits per heavy atom. The minimum Gasteiger partial charge on any atom is -0.469 e. The molecule has 0 radical (unpaired) electrons. The molecule has 63 heavy (non-hydrogen) atoms. The second-order valence-electron chi connectivity index (χ2n) is 16.9. The van der Waals surface area contributed by atoms with Crippen LogP contribution < -0.4 is 5.32 Å². The zero-order valence-corrected chi connectivity index (χ0v) is 38.1. The number of nitrogens with one attached hydrogen (secondary N) is 1. The van der Waals surface area contributed by atoms with Crippen LogP contribution in [0.5, 0.6) is 0 Å². The van der Waals surface area contributed by atoms with Crippen molar-refractivity contribution in [2.45, 2.75) is 122 Å². The van der Waals surface area contributed by atoms with Gasteiger partial charge in [0, 0.05) is 51.5 Å². The lowest BCUT2D eigenvalue weighted by Gasteiger charge is -2.35. The smallest absolute Gasteiger partial charge is 0.446 e. The van der Waals surface area contributed by atoms with Crippen LogP contribution in [0.4, 0.5) is 18.0 Å². The van der Waals surface area contributed by atoms with Crippen molar-refractivity contribution >= 4 is 35.9 Å². The number of halogens is 3. The lowest BCUT2D eigenvalue weighted by Crippen LogP contribution is -2.49. The average molecular weight is 893 g/mol. The minimum atomic E-state index is -4.64. The van der Waals surface area contributed by atoms with Gasteiger partial charge in [0.25, 0.3) is 0 Å². The summed E-state index contributed by atoms with van der Waals surface area (Å²) in [5.41, 5.74) is 1.40. The largest absolute Gasteiger partial charge is 0.469 e. The Hall–Kier alpha value is -4.67. The molecular weight excluding hydrogens is 826 g/mol. The highest BCUT2D eigenvalue weighted by molar-refractivity contribution is 5.87. The zero-order chi connectivity index (χ0) is 47.3. The van der Waals surface area contributed by atoms with Gasteiger partial charge in [-0.1, -0.05) is 74.5 Å². The molecule has 2 aliphatic heterocycles. The minimum absolute atomic E-state index is 0.0480. The SMILES string of the molecule is COC(=O)[C@@H](CC(=O)[C@H](C)[C@@H](OC)[C@@H]1CCCN1)Cc1ccccc1.COC(=O)[C@@H](CC(=O)[C@H](C)[C@@H](OC)[C@@H]1CCCN1C(=O)OC(C)(C)C)Cc1ccccc1.O=CC(F)(F)F. The number of aldehydes is 1. The fourth-order valence-electron chi connectivity index (χ4n) is 7.92. The number of hydrogen-bond donors (Lipinski definition) is 1. The summed E-state index contributed by atoms with van der Waals surface area (Å²) in [6, 6.07) is 19.2. The monoisotopic (exact) mass is 892 g/mol. The molecule has 352 valence electrons. The maximum Gasteiger partial charge on any atom is 0.446 e. The molecule has 8 atom stereocenters. The summed E-state index contributed by atoms with van der Waals surface area (Å²) in [5.74, 6) is -2.56. The Morgan fingerprint density at radius 3 is 1.54 bits per heavy atom. The molecule has 0 saturated carbocycles. The molecule has 2 aromatic rings. The van der Waals surface area contributed by atoms with Crippen LogP contribution in [0.25, 0.3) is 0 Å². The number of likely N-dealkylation sites (tertiary alicyclic amines) is 1. The molecule has 2 aromatic carbocycles. The van der Waals surface area contributed by atoms with Gasteiger partial charge in [-0.3, -0.25) is 24.0 Å². The fraction of sp³-hybridized carbons (Fsp3) is 0.617. The lowest BCUT2D eigenvalue weighted by molar-refractivity contribution is -0.156. The van der Waals surface area contributed by atoms with E-state index in [-0.39, 0.29) is 54.5 Å². The average Bonchev–Trinajstić information content (AvgIpc) is 3.97. The van der Waals surface area contributed by atoms with Crippen LogP contribution in [0.3, 0.4) is 0 Å². The number of ketones is 2. The highest BCUT2D eigenvalue weighted by Crippen LogP contribution is 2.30. The van der Waals surface area contributed by atoms with Crippen molar-refractivity contribution in [3.05, 3.63) is 71.8 Å². The van der Waals surface area contributed by atoms with E-state index in [1.807, 2.05) is 88.4 Å². The molecule has 4 rings (SSSR count). The van der Waals surface area contributed by atoms with Gasteiger partial charge in [0.15, 0.2) is 0 Å². The topological polar surface area (TPSA) is 164 Å². The number of hydrogen-bond acceptors (Lipinski definition) is 12. The summed E-state index contributed by atoms with van der Waals surface area (Å²) < 4.78 is 58.0. The predicted molar refractivity (Wildman–Crippen MR) is 230 cm³/mol. The van der Waals surface area contributed by atoms with Crippen LogP contribution in [-0.4, -0.2) is 118 Å². The second-order valence-corrected chi connectivity index (χ2v) is 16.9. The number of carbonyl (C=O) groups is 6. The molecule has 0 bridgehead atoms. The quantitative estimate of drug-likeness (QED) is 0.0915. The number of benzene rings is 2. The molecule has 0 aliphatic carbocycles. The van der Waals surface area contributed by atoms with Gasteiger partial charge >= 0.3 is 24.2 Å². The van der Waals surface area contributed by atoms with Crippen LogP contribution in [-0.2, 0) is 60.5 Å². The normalized spacial score (nSPS) is 19.0. The van der Waals surface area contributed by atoms with Gasteiger partial charge in [-0.15, -0.1) is 0 Å². The van der Waals surface area contributed by atoms with E-state index in [1.54, 1.807) is 26.0 Å². The van der Waals surface area contributed by atoms with Crippen LogP contribution in [0.15, 0.2) is 60.7 Å². The third-order valence-corrected chi connectivity index (χ3v) is 11.1. The number of methoxy groups -OCH3 is 4. The Morgan fingerprint density at radius 2 is 1.17 bits per heavy atom. The molecule has 16 heteroatoms. The summed E-state index contributed by atoms with van der Waals surface area (Å²) in [6.07, 6.45) is -1.89. The Balaban J connectivity index is 0.000000392. The van der Waals surface area contributed by atoms with Gasteiger partial charge in [-0.05, 0) is 77.0 Å². The van der Waals surface area contributed by atoms with E-state index in [0.29, 0.717) is 19.4 Å². The molecule has 0 spiro atoms. The van der Waals surface area contributed by atoms with Crippen molar-refractivity contribution in [3.8, 4) is 0 Å². The number of ether oxygens (including phenoxy) is 5. The van der Waals surface area contributed by atoms with E-state index in [9.17, 15) is 37.1 Å². The fourth-order valence-corrected chi connectivity index (χ4v) is 7.92. The van der Waals surface area contributed by atoms with Crippen molar-refractivity contribution in [1.29, 1.82) is 0 Å². The van der Waals surface area contributed by atoms with Crippen molar-refractivity contribution < 1.29 is 65.6 Å². The molecule has 0 unspecified atom stereocenters. The maximum absolute atomic E-state index is 13.2. The molecule has 2 saturated heterocycles. The molecule has 2 aliphatic rings. The predicted octanol–water partition coefficient (Wildman–Crippen LogP) is 7.16. The Kier molecular flexibility index (Phi) is 23.2. The van der Waals surface area contributed by atoms with E-state index in [0.717, 1.165) is 43.4 Å². The van der Waals surface area contributed by atoms with Crippen LogP contribution in [0.2, 0.25) is 0 Å². The zero-order valence-electron chi connectivity index (χ0n) is 38.1. The van der Waals surface area contributed by atoms with Crippen molar-refractivity contribution in [2.75, 3.05) is 41.5 Å². The number of nitrogens with zero attached hydrogens (tertiary/aromatic N) is 1. The Labute approximate surface area is 370 Å². The van der Waals surface area contributed by atoms with E-state index in [1.165, 1.54) is 14.2 Å². The summed E-state index contributed by atoms with van der Waals surface area (Å²) >= 11 is 0. The van der Waals surface area contributed by atoms with Crippen molar-refractivity contribution in [1.82, 2.24) is 10.2 Å². The maximum atomic E-state index is 13.2. The number of Topliss-reactive ketones (excluding diaryl/α,β-unsaturated/α-hetero) is 2. The third kappa shape index (κ3) is 18.9. The summed E-state index contributed by atoms with van der Waals surface area (Å²) in [7, 11) is 5.91. The molecule has 13 nitrogen and oxygen atoms in total.